The molecule has 0 bridgehead atoms. The number of amidine groups is 1. The van der Waals surface area contributed by atoms with Crippen LogP contribution in [0.3, 0.4) is 0 Å². The predicted molar refractivity (Wildman–Crippen MR) is 117 cm³/mol. The molecule has 28 heavy (non-hydrogen) atoms. The van der Waals surface area contributed by atoms with Gasteiger partial charge in [0, 0.05) is 9.69 Å². The van der Waals surface area contributed by atoms with Crippen molar-refractivity contribution < 1.29 is 4.79 Å². The fourth-order valence-electron chi connectivity index (χ4n) is 3.32. The van der Waals surface area contributed by atoms with Gasteiger partial charge in [-0.05, 0) is 41.0 Å². The lowest BCUT2D eigenvalue weighted by molar-refractivity contribution is -0.116. The summed E-state index contributed by atoms with van der Waals surface area (Å²) in [6, 6.07) is 14.2. The molecule has 2 aromatic rings. The van der Waals surface area contributed by atoms with Gasteiger partial charge < -0.3 is 0 Å². The minimum Gasteiger partial charge on any atom is -0.298 e. The van der Waals surface area contributed by atoms with Crippen molar-refractivity contribution in [1.82, 2.24) is 10.3 Å². The van der Waals surface area contributed by atoms with Gasteiger partial charge in [-0.2, -0.15) is 0 Å². The number of amides is 1. The summed E-state index contributed by atoms with van der Waals surface area (Å²) in [6.45, 7) is 6.57. The van der Waals surface area contributed by atoms with Gasteiger partial charge >= 0.3 is 0 Å². The number of halogens is 1. The molecule has 1 N–H and O–H groups in total. The third kappa shape index (κ3) is 3.37. The molecule has 5 nitrogen and oxygen atoms in total. The Morgan fingerprint density at radius 1 is 1.14 bits per heavy atom. The monoisotopic (exact) mass is 456 g/mol. The van der Waals surface area contributed by atoms with Crippen molar-refractivity contribution in [2.75, 3.05) is 6.26 Å². The van der Waals surface area contributed by atoms with Gasteiger partial charge in [-0.25, -0.2) is 5.01 Å². The van der Waals surface area contributed by atoms with Crippen LogP contribution in [-0.4, -0.2) is 22.3 Å². The van der Waals surface area contributed by atoms with Gasteiger partial charge in [0.05, 0.1) is 5.36 Å². The van der Waals surface area contributed by atoms with Gasteiger partial charge in [-0.3, -0.25) is 15.1 Å². The van der Waals surface area contributed by atoms with Crippen LogP contribution in [0.25, 0.3) is 5.70 Å². The summed E-state index contributed by atoms with van der Waals surface area (Å²) >= 11 is 4.90. The highest BCUT2D eigenvalue weighted by Crippen LogP contribution is 2.32. The Morgan fingerprint density at radius 2 is 1.86 bits per heavy atom. The molecule has 0 spiro atoms. The topological polar surface area (TPSA) is 57.1 Å². The highest BCUT2D eigenvalue weighted by Gasteiger charge is 2.34. The van der Waals surface area contributed by atoms with Crippen molar-refractivity contribution >= 4 is 44.5 Å². The largest absolute Gasteiger partial charge is 0.298 e. The maximum absolute atomic E-state index is 12.9. The number of nitrogens with one attached hydrogen (secondary N) is 1. The molecule has 4 rings (SSSR count). The van der Waals surface area contributed by atoms with Crippen LogP contribution < -0.4 is 15.9 Å². The Balaban J connectivity index is 1.91. The van der Waals surface area contributed by atoms with E-state index in [2.05, 4.69) is 71.4 Å². The van der Waals surface area contributed by atoms with Crippen molar-refractivity contribution in [3.8, 4) is 0 Å². The number of hydrogen-bond acceptors (Lipinski definition) is 5. The maximum Gasteiger partial charge on any atom is 0.276 e. The van der Waals surface area contributed by atoms with E-state index in [0.29, 0.717) is 10.9 Å². The Labute approximate surface area is 176 Å². The van der Waals surface area contributed by atoms with E-state index in [1.54, 1.807) is 5.01 Å². The first-order valence-electron chi connectivity index (χ1n) is 8.99. The normalized spacial score (nSPS) is 18.7. The van der Waals surface area contributed by atoms with E-state index in [4.69, 9.17) is 4.99 Å². The van der Waals surface area contributed by atoms with E-state index >= 15 is 0 Å². The number of carbonyl (C=O) groups excluding carboxylic acids is 1. The highest BCUT2D eigenvalue weighted by molar-refractivity contribution is 9.10. The molecule has 0 aliphatic carbocycles. The van der Waals surface area contributed by atoms with E-state index in [1.165, 1.54) is 17.3 Å². The summed E-state index contributed by atoms with van der Waals surface area (Å²) in [5, 5.41) is 11.4. The van der Waals surface area contributed by atoms with Crippen LogP contribution in [0, 0.1) is 0 Å². The van der Waals surface area contributed by atoms with Gasteiger partial charge in [-0.1, -0.05) is 72.7 Å². The molecule has 0 aromatic heterocycles. The standard InChI is InChI=1S/C21H21BrN4OS/c1-21(2,3)13-7-5-12(6-8-13)18-23-16-10-9-14(22)11-15(16)17-19(27)24-20(28-4)25-26(17)18/h5-11,18H,1-4H3,(H,24,25,27)/t18-/m1/s1. The van der Waals surface area contributed by atoms with Crippen molar-refractivity contribution in [3.05, 3.63) is 68.6 Å². The quantitative estimate of drug-likeness (QED) is 0.716. The predicted octanol–water partition coefficient (Wildman–Crippen LogP) is 3.25. The summed E-state index contributed by atoms with van der Waals surface area (Å²) in [7, 11) is 0. The third-order valence-corrected chi connectivity index (χ3v) is 5.90. The summed E-state index contributed by atoms with van der Waals surface area (Å²) in [6.07, 6.45) is 1.51. The molecule has 0 unspecified atom stereocenters. The first-order chi connectivity index (χ1) is 13.3. The highest BCUT2D eigenvalue weighted by atomic mass is 79.9. The number of hydrogen-bond donors (Lipinski definition) is 1. The van der Waals surface area contributed by atoms with Gasteiger partial charge in [-0.15, -0.1) is 5.10 Å². The van der Waals surface area contributed by atoms with E-state index in [9.17, 15) is 4.79 Å². The molecule has 2 aliphatic heterocycles. The van der Waals surface area contributed by atoms with Crippen molar-refractivity contribution in [3.63, 3.8) is 0 Å². The van der Waals surface area contributed by atoms with E-state index in [-0.39, 0.29) is 17.5 Å². The van der Waals surface area contributed by atoms with Crippen LogP contribution in [0.15, 0.2) is 57.0 Å². The zero-order chi connectivity index (χ0) is 20.1. The zero-order valence-electron chi connectivity index (χ0n) is 16.2. The summed E-state index contributed by atoms with van der Waals surface area (Å²) in [5.74, 6) is -0.162. The average molecular weight is 457 g/mol. The molecular formula is C21H21BrN4OS. The fraction of sp³-hybridized carbons (Fsp3) is 0.286. The molecule has 0 fully saturated rings. The van der Waals surface area contributed by atoms with E-state index < -0.39 is 0 Å². The van der Waals surface area contributed by atoms with Crippen LogP contribution >= 0.6 is 27.7 Å². The number of nitrogens with zero attached hydrogens (tertiary/aromatic N) is 3. The molecule has 2 aromatic carbocycles. The minimum absolute atomic E-state index is 0.0770. The number of fused-ring (bicyclic) bond motifs is 2. The number of thioether (sulfide) groups is 1. The number of carbonyl (C=O) groups is 1. The second-order valence-electron chi connectivity index (χ2n) is 7.79. The Hall–Kier alpha value is -2.12. The molecule has 0 saturated heterocycles. The Morgan fingerprint density at radius 3 is 2.50 bits per heavy atom. The SMILES string of the molecule is CSC1=NN2C(=c3cc(Br)ccc3=N[C@H]2c2ccc(C(C)(C)C)cc2)C(=O)N1. The van der Waals surface area contributed by atoms with E-state index in [1.807, 2.05) is 24.5 Å². The lowest BCUT2D eigenvalue weighted by atomic mass is 9.86. The third-order valence-electron chi connectivity index (χ3n) is 4.84. The van der Waals surface area contributed by atoms with Crippen molar-refractivity contribution in [2.24, 2.45) is 10.1 Å². The number of benzene rings is 2. The summed E-state index contributed by atoms with van der Waals surface area (Å²) in [5.41, 5.74) is 2.85. The van der Waals surface area contributed by atoms with Crippen molar-refractivity contribution in [2.45, 2.75) is 32.4 Å². The van der Waals surface area contributed by atoms with Crippen LogP contribution in [0.2, 0.25) is 0 Å². The van der Waals surface area contributed by atoms with Gasteiger partial charge in [0.15, 0.2) is 11.3 Å². The van der Waals surface area contributed by atoms with Crippen LogP contribution in [-0.2, 0) is 10.2 Å². The molecule has 7 heteroatoms. The smallest absolute Gasteiger partial charge is 0.276 e. The lowest BCUT2D eigenvalue weighted by Gasteiger charge is -2.34. The van der Waals surface area contributed by atoms with Gasteiger partial charge in [0.2, 0.25) is 0 Å². The van der Waals surface area contributed by atoms with Gasteiger partial charge in [0.25, 0.3) is 5.91 Å². The second kappa shape index (κ2) is 7.04. The van der Waals surface area contributed by atoms with E-state index in [0.717, 1.165) is 20.6 Å². The number of rotatable bonds is 1. The molecular weight excluding hydrogens is 436 g/mol. The molecule has 1 atom stereocenters. The zero-order valence-corrected chi connectivity index (χ0v) is 18.6. The van der Waals surface area contributed by atoms with Crippen LogP contribution in [0.5, 0.6) is 0 Å². The average Bonchev–Trinajstić information content (AvgIpc) is 2.66. The fourth-order valence-corrected chi connectivity index (χ4v) is 4.04. The first-order valence-corrected chi connectivity index (χ1v) is 11.0. The summed E-state index contributed by atoms with van der Waals surface area (Å²) < 4.78 is 0.898. The van der Waals surface area contributed by atoms with Gasteiger partial charge in [0.1, 0.15) is 5.70 Å². The number of hydrazone groups is 1. The Kier molecular flexibility index (Phi) is 4.83. The maximum atomic E-state index is 12.9. The summed E-state index contributed by atoms with van der Waals surface area (Å²) in [4.78, 5) is 17.8. The van der Waals surface area contributed by atoms with Crippen LogP contribution in [0.1, 0.15) is 38.1 Å². The Bertz CT molecular complexity index is 1100. The first kappa shape index (κ1) is 19.2. The molecule has 0 radical (unpaired) electrons. The minimum atomic E-state index is -0.383. The molecule has 1 amide bonds. The van der Waals surface area contributed by atoms with Crippen LogP contribution in [0.4, 0.5) is 0 Å². The molecule has 0 saturated carbocycles. The molecule has 144 valence electrons. The molecule has 2 heterocycles. The molecule has 2 aliphatic rings. The second-order valence-corrected chi connectivity index (χ2v) is 9.50. The van der Waals surface area contributed by atoms with Crippen molar-refractivity contribution in [1.29, 1.82) is 0 Å². The lowest BCUT2D eigenvalue weighted by Crippen LogP contribution is -2.50.